The van der Waals surface area contributed by atoms with Crippen molar-refractivity contribution in [2.75, 3.05) is 37.6 Å². The van der Waals surface area contributed by atoms with Crippen LogP contribution in [0.3, 0.4) is 0 Å². The molecule has 0 saturated carbocycles. The number of benzene rings is 3. The normalized spacial score (nSPS) is 18.5. The van der Waals surface area contributed by atoms with Gasteiger partial charge in [-0.2, -0.15) is 0 Å². The molecule has 9 heteroatoms. The summed E-state index contributed by atoms with van der Waals surface area (Å²) in [6.45, 7) is 3.12. The van der Waals surface area contributed by atoms with E-state index in [0.29, 0.717) is 44.0 Å². The molecular weight excluding hydrogens is 515 g/mol. The molecule has 2 amide bonds. The lowest BCUT2D eigenvalue weighted by atomic mass is 10.0. The lowest BCUT2D eigenvalue weighted by Gasteiger charge is -2.24. The quantitative estimate of drug-likeness (QED) is 0.412. The van der Waals surface area contributed by atoms with Crippen LogP contribution in [-0.2, 0) is 6.42 Å². The summed E-state index contributed by atoms with van der Waals surface area (Å²) in [5, 5.41) is 2.81. The molecule has 38 heavy (non-hydrogen) atoms. The first-order valence-corrected chi connectivity index (χ1v) is 13.0. The largest absolute Gasteiger partial charge is 0.371 e. The Balaban J connectivity index is 1.12. The van der Waals surface area contributed by atoms with Crippen molar-refractivity contribution in [3.63, 3.8) is 0 Å². The lowest BCUT2D eigenvalue weighted by molar-refractivity contribution is 0.0777. The molecule has 0 bridgehead atoms. The second-order valence-corrected chi connectivity index (χ2v) is 10.3. The average Bonchev–Trinajstić information content (AvgIpc) is 3.46. The van der Waals surface area contributed by atoms with Gasteiger partial charge in [0.1, 0.15) is 17.5 Å². The smallest absolute Gasteiger partial charge is 0.258 e. The number of fused-ring (bicyclic) bond motifs is 1. The van der Waals surface area contributed by atoms with Gasteiger partial charge in [-0.05, 0) is 54.8 Å². The number of nitrogens with zero attached hydrogens (tertiary/aromatic N) is 2. The van der Waals surface area contributed by atoms with E-state index in [1.165, 1.54) is 18.2 Å². The number of likely N-dealkylation sites (tertiary alicyclic amines) is 1. The maximum Gasteiger partial charge on any atom is 0.258 e. The third-order valence-electron chi connectivity index (χ3n) is 7.33. The minimum atomic E-state index is -0.880. The molecule has 2 heterocycles. The molecule has 0 radical (unpaired) electrons. The molecule has 198 valence electrons. The summed E-state index contributed by atoms with van der Waals surface area (Å²) in [7, 11) is 0. The highest BCUT2D eigenvalue weighted by Crippen LogP contribution is 2.35. The predicted octanol–water partition coefficient (Wildman–Crippen LogP) is 5.33. The van der Waals surface area contributed by atoms with Crippen LogP contribution in [0.5, 0.6) is 0 Å². The van der Waals surface area contributed by atoms with Crippen molar-refractivity contribution in [3.05, 3.63) is 99.8 Å². The zero-order valence-corrected chi connectivity index (χ0v) is 21.4. The van der Waals surface area contributed by atoms with Gasteiger partial charge in [0.15, 0.2) is 0 Å². The maximum absolute atomic E-state index is 14.2. The number of amides is 2. The van der Waals surface area contributed by atoms with Crippen LogP contribution in [-0.4, -0.2) is 49.4 Å². The van der Waals surface area contributed by atoms with E-state index in [1.54, 1.807) is 4.90 Å². The summed E-state index contributed by atoms with van der Waals surface area (Å²) >= 11 is 6.10. The Morgan fingerprint density at radius 3 is 2.34 bits per heavy atom. The van der Waals surface area contributed by atoms with Crippen LogP contribution < -0.4 is 10.2 Å². The van der Waals surface area contributed by atoms with Gasteiger partial charge < -0.3 is 15.1 Å². The zero-order chi connectivity index (χ0) is 26.8. The molecule has 2 aliphatic heterocycles. The number of aryl methyl sites for hydroxylation is 1. The molecule has 1 N–H and O–H groups in total. The fourth-order valence-electron chi connectivity index (χ4n) is 5.40. The molecule has 2 saturated heterocycles. The number of nitrogens with one attached hydrogen (secondary N) is 1. The topological polar surface area (TPSA) is 52.7 Å². The molecule has 3 aromatic rings. The first-order valence-electron chi connectivity index (χ1n) is 12.6. The maximum atomic E-state index is 14.2. The van der Waals surface area contributed by atoms with E-state index in [0.717, 1.165) is 42.9 Å². The highest BCUT2D eigenvalue weighted by molar-refractivity contribution is 6.33. The second kappa shape index (κ2) is 11.1. The SMILES string of the molecule is O=C(NCCCc1cccc(N2CC3CN(C(=O)c4c(F)cccc4Cl)CC3C2)c1)c1ccc(F)cc1F. The monoisotopic (exact) mass is 541 g/mol. The fraction of sp³-hybridized carbons (Fsp3) is 0.310. The van der Waals surface area contributed by atoms with E-state index in [9.17, 15) is 22.8 Å². The van der Waals surface area contributed by atoms with Crippen LogP contribution in [0.4, 0.5) is 18.9 Å². The van der Waals surface area contributed by atoms with Crippen molar-refractivity contribution < 1.29 is 22.8 Å². The van der Waals surface area contributed by atoms with E-state index in [2.05, 4.69) is 22.3 Å². The predicted molar refractivity (Wildman–Crippen MR) is 140 cm³/mol. The van der Waals surface area contributed by atoms with Crippen LogP contribution in [0.1, 0.15) is 32.7 Å². The Bertz CT molecular complexity index is 1330. The zero-order valence-electron chi connectivity index (χ0n) is 20.6. The van der Waals surface area contributed by atoms with Crippen molar-refractivity contribution in [1.29, 1.82) is 0 Å². The minimum absolute atomic E-state index is 0.0577. The number of carbonyl (C=O) groups is 2. The summed E-state index contributed by atoms with van der Waals surface area (Å²) < 4.78 is 41.1. The van der Waals surface area contributed by atoms with Crippen LogP contribution in [0.15, 0.2) is 60.7 Å². The molecule has 5 rings (SSSR count). The molecule has 0 aliphatic carbocycles. The molecular formula is C29H27ClF3N3O2. The third kappa shape index (κ3) is 5.50. The van der Waals surface area contributed by atoms with E-state index < -0.39 is 23.4 Å². The van der Waals surface area contributed by atoms with Crippen molar-refractivity contribution in [2.45, 2.75) is 12.8 Å². The molecule has 3 aromatic carbocycles. The number of hydrogen-bond donors (Lipinski definition) is 1. The first kappa shape index (κ1) is 26.1. The standard InChI is InChI=1S/C29H27ClF3N3O2/c30-24-7-2-8-25(32)27(24)29(38)36-16-19-14-35(15-20(19)17-36)22-6-1-4-18(12-22)5-3-11-34-28(37)23-10-9-21(31)13-26(23)33/h1-2,4,6-10,12-13,19-20H,3,5,11,14-17H2,(H,34,37). The molecule has 2 fully saturated rings. The van der Waals surface area contributed by atoms with Crippen LogP contribution in [0.25, 0.3) is 0 Å². The van der Waals surface area contributed by atoms with Crippen molar-refractivity contribution >= 4 is 29.1 Å². The van der Waals surface area contributed by atoms with Gasteiger partial charge >= 0.3 is 0 Å². The number of hydrogen-bond acceptors (Lipinski definition) is 3. The summed E-state index contributed by atoms with van der Waals surface area (Å²) in [5.74, 6) is -2.52. The third-order valence-corrected chi connectivity index (χ3v) is 7.64. The number of halogens is 4. The Morgan fingerprint density at radius 2 is 1.63 bits per heavy atom. The van der Waals surface area contributed by atoms with Crippen molar-refractivity contribution in [2.24, 2.45) is 11.8 Å². The molecule has 0 spiro atoms. The van der Waals surface area contributed by atoms with E-state index >= 15 is 0 Å². The summed E-state index contributed by atoms with van der Waals surface area (Å²) in [5.41, 5.74) is 1.99. The number of carbonyl (C=O) groups excluding carboxylic acids is 2. The fourth-order valence-corrected chi connectivity index (χ4v) is 5.65. The van der Waals surface area contributed by atoms with Crippen molar-refractivity contribution in [3.8, 4) is 0 Å². The van der Waals surface area contributed by atoms with E-state index in [4.69, 9.17) is 11.6 Å². The van der Waals surface area contributed by atoms with Crippen LogP contribution in [0, 0.1) is 29.3 Å². The highest BCUT2D eigenvalue weighted by atomic mass is 35.5. The molecule has 2 unspecified atom stereocenters. The van der Waals surface area contributed by atoms with E-state index in [1.807, 2.05) is 12.1 Å². The molecule has 2 atom stereocenters. The minimum Gasteiger partial charge on any atom is -0.371 e. The lowest BCUT2D eigenvalue weighted by Crippen LogP contribution is -2.34. The Hall–Kier alpha value is -3.52. The molecule has 0 aromatic heterocycles. The Kier molecular flexibility index (Phi) is 7.61. The second-order valence-electron chi connectivity index (χ2n) is 9.89. The van der Waals surface area contributed by atoms with Gasteiger partial charge in [-0.15, -0.1) is 0 Å². The van der Waals surface area contributed by atoms with Crippen LogP contribution >= 0.6 is 11.6 Å². The molecule has 2 aliphatic rings. The first-order chi connectivity index (χ1) is 18.3. The van der Waals surface area contributed by atoms with Crippen molar-refractivity contribution in [1.82, 2.24) is 10.2 Å². The van der Waals surface area contributed by atoms with Gasteiger partial charge in [-0.1, -0.05) is 29.8 Å². The van der Waals surface area contributed by atoms with Gasteiger partial charge in [0, 0.05) is 56.3 Å². The van der Waals surface area contributed by atoms with Gasteiger partial charge in [-0.25, -0.2) is 13.2 Å². The van der Waals surface area contributed by atoms with Crippen LogP contribution in [0.2, 0.25) is 5.02 Å². The number of anilines is 1. The molecule has 5 nitrogen and oxygen atoms in total. The Morgan fingerprint density at radius 1 is 0.895 bits per heavy atom. The summed E-state index contributed by atoms with van der Waals surface area (Å²) in [4.78, 5) is 29.1. The van der Waals surface area contributed by atoms with Gasteiger partial charge in [0.05, 0.1) is 16.1 Å². The Labute approximate surface area is 224 Å². The van der Waals surface area contributed by atoms with Gasteiger partial charge in [0.25, 0.3) is 11.8 Å². The van der Waals surface area contributed by atoms with Gasteiger partial charge in [0.2, 0.25) is 0 Å². The summed E-state index contributed by atoms with van der Waals surface area (Å²) in [6.07, 6.45) is 1.39. The average molecular weight is 542 g/mol. The van der Waals surface area contributed by atoms with Gasteiger partial charge in [-0.3, -0.25) is 9.59 Å². The van der Waals surface area contributed by atoms with E-state index in [-0.39, 0.29) is 22.1 Å². The number of rotatable bonds is 7. The highest BCUT2D eigenvalue weighted by Gasteiger charge is 2.42. The summed E-state index contributed by atoms with van der Waals surface area (Å²) in [6, 6.07) is 15.4.